The van der Waals surface area contributed by atoms with E-state index in [-0.39, 0.29) is 12.5 Å². The third kappa shape index (κ3) is 3.79. The van der Waals surface area contributed by atoms with E-state index in [1.807, 2.05) is 31.2 Å². The Balaban J connectivity index is 2.03. The van der Waals surface area contributed by atoms with Gasteiger partial charge in [-0.15, -0.1) is 0 Å². The number of amides is 1. The first-order valence-electron chi connectivity index (χ1n) is 6.87. The molecule has 0 saturated carbocycles. The molecular weight excluding hydrogens is 266 g/mol. The number of para-hydroxylation sites is 1. The van der Waals surface area contributed by atoms with Crippen LogP contribution >= 0.6 is 0 Å². The molecule has 21 heavy (non-hydrogen) atoms. The van der Waals surface area contributed by atoms with Gasteiger partial charge in [0.15, 0.2) is 6.61 Å². The van der Waals surface area contributed by atoms with E-state index in [1.165, 1.54) is 0 Å². The predicted octanol–water partition coefficient (Wildman–Crippen LogP) is 1.97. The SMILES string of the molecule is CCN(C(=O)COc1ccccc1CN)c1ccncc1. The smallest absolute Gasteiger partial charge is 0.264 e. The molecule has 1 aromatic heterocycles. The molecule has 5 nitrogen and oxygen atoms in total. The molecular formula is C16H19N3O2. The molecule has 0 aliphatic carbocycles. The number of likely N-dealkylation sites (N-methyl/N-ethyl adjacent to an activating group) is 1. The minimum absolute atomic E-state index is 0.0207. The van der Waals surface area contributed by atoms with Crippen LogP contribution in [0.1, 0.15) is 12.5 Å². The van der Waals surface area contributed by atoms with E-state index in [0.717, 1.165) is 11.3 Å². The molecule has 1 aromatic carbocycles. The van der Waals surface area contributed by atoms with Gasteiger partial charge < -0.3 is 15.4 Å². The second-order valence-electron chi connectivity index (χ2n) is 4.44. The number of nitrogens with zero attached hydrogens (tertiary/aromatic N) is 2. The van der Waals surface area contributed by atoms with Crippen LogP contribution in [0.3, 0.4) is 0 Å². The van der Waals surface area contributed by atoms with Crippen molar-refractivity contribution in [2.75, 3.05) is 18.1 Å². The van der Waals surface area contributed by atoms with Crippen molar-refractivity contribution in [3.05, 3.63) is 54.4 Å². The Morgan fingerprint density at radius 3 is 2.62 bits per heavy atom. The Bertz CT molecular complexity index is 587. The molecule has 0 saturated heterocycles. The van der Waals surface area contributed by atoms with Gasteiger partial charge in [-0.25, -0.2) is 0 Å². The van der Waals surface area contributed by atoms with Crippen molar-refractivity contribution < 1.29 is 9.53 Å². The van der Waals surface area contributed by atoms with Crippen molar-refractivity contribution in [3.8, 4) is 5.75 Å². The Morgan fingerprint density at radius 2 is 1.95 bits per heavy atom. The molecule has 110 valence electrons. The largest absolute Gasteiger partial charge is 0.483 e. The van der Waals surface area contributed by atoms with E-state index in [1.54, 1.807) is 29.4 Å². The molecule has 0 fully saturated rings. The second kappa shape index (κ2) is 7.40. The van der Waals surface area contributed by atoms with Crippen LogP contribution in [-0.4, -0.2) is 24.0 Å². The lowest BCUT2D eigenvalue weighted by molar-refractivity contribution is -0.120. The van der Waals surface area contributed by atoms with E-state index in [9.17, 15) is 4.79 Å². The molecule has 2 rings (SSSR count). The van der Waals surface area contributed by atoms with Gasteiger partial charge >= 0.3 is 0 Å². The summed E-state index contributed by atoms with van der Waals surface area (Å²) in [6.07, 6.45) is 3.33. The Hall–Kier alpha value is -2.40. The first kappa shape index (κ1) is 15.0. The second-order valence-corrected chi connectivity index (χ2v) is 4.44. The van der Waals surface area contributed by atoms with Gasteiger partial charge in [-0.2, -0.15) is 0 Å². The first-order valence-corrected chi connectivity index (χ1v) is 6.87. The summed E-state index contributed by atoms with van der Waals surface area (Å²) in [6.45, 7) is 2.86. The minimum atomic E-state index is -0.101. The average Bonchev–Trinajstić information content (AvgIpc) is 2.55. The standard InChI is InChI=1S/C16H19N3O2/c1-2-19(14-7-9-18-10-8-14)16(20)12-21-15-6-4-3-5-13(15)11-17/h3-10H,2,11-12,17H2,1H3. The summed E-state index contributed by atoms with van der Waals surface area (Å²) in [5.74, 6) is 0.551. The number of carbonyl (C=O) groups excluding carboxylic acids is 1. The predicted molar refractivity (Wildman–Crippen MR) is 82.1 cm³/mol. The fraction of sp³-hybridized carbons (Fsp3) is 0.250. The van der Waals surface area contributed by atoms with Gasteiger partial charge in [0.05, 0.1) is 0 Å². The highest BCUT2D eigenvalue weighted by atomic mass is 16.5. The molecule has 0 aliphatic heterocycles. The minimum Gasteiger partial charge on any atom is -0.483 e. The summed E-state index contributed by atoms with van der Waals surface area (Å²) in [5, 5.41) is 0. The van der Waals surface area contributed by atoms with Crippen LogP contribution < -0.4 is 15.4 Å². The topological polar surface area (TPSA) is 68.5 Å². The number of nitrogens with two attached hydrogens (primary N) is 1. The van der Waals surface area contributed by atoms with Gasteiger partial charge in [0.25, 0.3) is 5.91 Å². The summed E-state index contributed by atoms with van der Waals surface area (Å²) >= 11 is 0. The third-order valence-corrected chi connectivity index (χ3v) is 3.14. The lowest BCUT2D eigenvalue weighted by Crippen LogP contribution is -2.34. The van der Waals surface area contributed by atoms with Gasteiger partial charge in [0.1, 0.15) is 5.75 Å². The van der Waals surface area contributed by atoms with Gasteiger partial charge in [-0.3, -0.25) is 9.78 Å². The van der Waals surface area contributed by atoms with Crippen molar-refractivity contribution in [2.45, 2.75) is 13.5 Å². The highest BCUT2D eigenvalue weighted by Gasteiger charge is 2.14. The van der Waals surface area contributed by atoms with Crippen LogP contribution in [0.15, 0.2) is 48.8 Å². The Kier molecular flexibility index (Phi) is 5.29. The van der Waals surface area contributed by atoms with Gasteiger partial charge in [-0.1, -0.05) is 18.2 Å². The van der Waals surface area contributed by atoms with Gasteiger partial charge in [0.2, 0.25) is 0 Å². The van der Waals surface area contributed by atoms with Crippen molar-refractivity contribution in [1.82, 2.24) is 4.98 Å². The normalized spacial score (nSPS) is 10.2. The number of hydrogen-bond donors (Lipinski definition) is 1. The molecule has 2 N–H and O–H groups in total. The molecule has 2 aromatic rings. The van der Waals surface area contributed by atoms with Crippen LogP contribution in [0.25, 0.3) is 0 Å². The Labute approximate surface area is 124 Å². The zero-order chi connectivity index (χ0) is 15.1. The number of anilines is 1. The number of carbonyl (C=O) groups is 1. The highest BCUT2D eigenvalue weighted by molar-refractivity contribution is 5.94. The highest BCUT2D eigenvalue weighted by Crippen LogP contribution is 2.18. The number of aromatic nitrogens is 1. The lowest BCUT2D eigenvalue weighted by Gasteiger charge is -2.21. The molecule has 0 radical (unpaired) electrons. The fourth-order valence-electron chi connectivity index (χ4n) is 2.06. The number of pyridine rings is 1. The van der Waals surface area contributed by atoms with Crippen LogP contribution in [0, 0.1) is 0 Å². The summed E-state index contributed by atoms with van der Waals surface area (Å²) < 4.78 is 5.61. The van der Waals surface area contributed by atoms with Crippen molar-refractivity contribution in [3.63, 3.8) is 0 Å². The lowest BCUT2D eigenvalue weighted by atomic mass is 10.2. The van der Waals surface area contributed by atoms with E-state index in [2.05, 4.69) is 4.98 Å². The Morgan fingerprint density at radius 1 is 1.24 bits per heavy atom. The van der Waals surface area contributed by atoms with E-state index < -0.39 is 0 Å². The molecule has 1 amide bonds. The monoisotopic (exact) mass is 285 g/mol. The number of benzene rings is 1. The molecule has 5 heteroatoms. The van der Waals surface area contributed by atoms with Crippen LogP contribution in [0.5, 0.6) is 5.75 Å². The zero-order valence-corrected chi connectivity index (χ0v) is 12.0. The van der Waals surface area contributed by atoms with Gasteiger partial charge in [-0.05, 0) is 25.1 Å². The molecule has 0 unspecified atom stereocenters. The fourth-order valence-corrected chi connectivity index (χ4v) is 2.06. The zero-order valence-electron chi connectivity index (χ0n) is 12.0. The molecule has 0 spiro atoms. The maximum absolute atomic E-state index is 12.3. The van der Waals surface area contributed by atoms with Crippen molar-refractivity contribution in [1.29, 1.82) is 0 Å². The van der Waals surface area contributed by atoms with Crippen LogP contribution in [0.2, 0.25) is 0 Å². The number of ether oxygens (including phenoxy) is 1. The molecule has 1 heterocycles. The van der Waals surface area contributed by atoms with Crippen molar-refractivity contribution in [2.24, 2.45) is 5.73 Å². The summed E-state index contributed by atoms with van der Waals surface area (Å²) in [4.78, 5) is 17.9. The van der Waals surface area contributed by atoms with Crippen LogP contribution in [-0.2, 0) is 11.3 Å². The van der Waals surface area contributed by atoms with Crippen molar-refractivity contribution >= 4 is 11.6 Å². The first-order chi connectivity index (χ1) is 10.3. The maximum Gasteiger partial charge on any atom is 0.264 e. The summed E-state index contributed by atoms with van der Waals surface area (Å²) in [5.41, 5.74) is 7.35. The number of rotatable bonds is 6. The number of hydrogen-bond acceptors (Lipinski definition) is 4. The molecule has 0 aliphatic rings. The summed E-state index contributed by atoms with van der Waals surface area (Å²) in [7, 11) is 0. The van der Waals surface area contributed by atoms with Gasteiger partial charge in [0, 0.05) is 36.7 Å². The van der Waals surface area contributed by atoms with E-state index in [0.29, 0.717) is 18.8 Å². The summed E-state index contributed by atoms with van der Waals surface area (Å²) in [6, 6.07) is 11.1. The molecule has 0 atom stereocenters. The third-order valence-electron chi connectivity index (χ3n) is 3.14. The van der Waals surface area contributed by atoms with Crippen LogP contribution in [0.4, 0.5) is 5.69 Å². The quantitative estimate of drug-likeness (QED) is 0.881. The molecule has 0 bridgehead atoms. The maximum atomic E-state index is 12.3. The van der Waals surface area contributed by atoms with E-state index in [4.69, 9.17) is 10.5 Å². The van der Waals surface area contributed by atoms with E-state index >= 15 is 0 Å². The average molecular weight is 285 g/mol.